The van der Waals surface area contributed by atoms with E-state index in [0.717, 1.165) is 19.0 Å². The van der Waals surface area contributed by atoms with Crippen molar-refractivity contribution in [3.8, 4) is 0 Å². The fourth-order valence-corrected chi connectivity index (χ4v) is 3.67. The van der Waals surface area contributed by atoms with E-state index in [1.807, 2.05) is 0 Å². The second-order valence-electron chi connectivity index (χ2n) is 8.34. The fourth-order valence-electron chi connectivity index (χ4n) is 3.67. The van der Waals surface area contributed by atoms with Crippen LogP contribution in [0.1, 0.15) is 76.3 Å². The Hall–Kier alpha value is -1.60. The zero-order chi connectivity index (χ0) is 19.2. The van der Waals surface area contributed by atoms with Crippen molar-refractivity contribution >= 4 is 0 Å². The van der Waals surface area contributed by atoms with E-state index in [4.69, 9.17) is 0 Å². The number of nitrogens with zero attached hydrogens (tertiary/aromatic N) is 1. The van der Waals surface area contributed by atoms with Gasteiger partial charge in [-0.1, -0.05) is 119 Å². The van der Waals surface area contributed by atoms with Crippen LogP contribution in [0.5, 0.6) is 0 Å². The van der Waals surface area contributed by atoms with Gasteiger partial charge in [-0.3, -0.25) is 4.90 Å². The quantitative estimate of drug-likeness (QED) is 0.314. The molecule has 0 bridgehead atoms. The van der Waals surface area contributed by atoms with Crippen LogP contribution in [-0.4, -0.2) is 11.4 Å². The molecule has 0 saturated heterocycles. The summed E-state index contributed by atoms with van der Waals surface area (Å²) >= 11 is 0. The van der Waals surface area contributed by atoms with Crippen molar-refractivity contribution in [3.05, 3.63) is 71.8 Å². The van der Waals surface area contributed by atoms with E-state index in [0.29, 0.717) is 0 Å². The second kappa shape index (κ2) is 13.6. The first-order chi connectivity index (χ1) is 13.2. The van der Waals surface area contributed by atoms with Gasteiger partial charge in [0, 0.05) is 13.1 Å². The van der Waals surface area contributed by atoms with Gasteiger partial charge >= 0.3 is 0 Å². The second-order valence-corrected chi connectivity index (χ2v) is 8.34. The van der Waals surface area contributed by atoms with Crippen LogP contribution in [-0.2, 0) is 13.1 Å². The van der Waals surface area contributed by atoms with Crippen molar-refractivity contribution in [3.63, 3.8) is 0 Å². The Bertz CT molecular complexity index is 534. The summed E-state index contributed by atoms with van der Waals surface area (Å²) in [6.07, 6.45) is 11.1. The van der Waals surface area contributed by atoms with Gasteiger partial charge in [0.2, 0.25) is 0 Å². The predicted molar refractivity (Wildman–Crippen MR) is 119 cm³/mol. The minimum absolute atomic E-state index is 0.866. The molecule has 27 heavy (non-hydrogen) atoms. The summed E-state index contributed by atoms with van der Waals surface area (Å²) in [5.74, 6) is 0.866. The average Bonchev–Trinajstić information content (AvgIpc) is 2.68. The molecular formula is C26H39N. The molecule has 0 atom stereocenters. The lowest BCUT2D eigenvalue weighted by Gasteiger charge is -2.22. The molecule has 0 amide bonds. The summed E-state index contributed by atoms with van der Waals surface area (Å²) in [7, 11) is 0. The normalized spacial score (nSPS) is 11.4. The van der Waals surface area contributed by atoms with Crippen LogP contribution in [0, 0.1) is 5.92 Å². The van der Waals surface area contributed by atoms with Gasteiger partial charge in [-0.25, -0.2) is 0 Å². The molecule has 1 nitrogen and oxygen atoms in total. The Morgan fingerprint density at radius 1 is 0.593 bits per heavy atom. The van der Waals surface area contributed by atoms with E-state index >= 15 is 0 Å². The zero-order valence-electron chi connectivity index (χ0n) is 17.6. The lowest BCUT2D eigenvalue weighted by atomic mass is 10.0. The highest BCUT2D eigenvalue weighted by molar-refractivity contribution is 5.17. The maximum atomic E-state index is 2.60. The minimum atomic E-state index is 0.866. The SMILES string of the molecule is CC(C)CCCCCCCCCN(Cc1ccccc1)Cc1ccccc1. The van der Waals surface area contributed by atoms with Crippen molar-refractivity contribution in [1.82, 2.24) is 4.90 Å². The van der Waals surface area contributed by atoms with Crippen molar-refractivity contribution in [2.24, 2.45) is 5.92 Å². The van der Waals surface area contributed by atoms with E-state index in [1.54, 1.807) is 0 Å². The lowest BCUT2D eigenvalue weighted by Crippen LogP contribution is -2.24. The first-order valence-corrected chi connectivity index (χ1v) is 11.0. The van der Waals surface area contributed by atoms with Crippen LogP contribution in [0.2, 0.25) is 0 Å². The van der Waals surface area contributed by atoms with Crippen LogP contribution in [0.4, 0.5) is 0 Å². The van der Waals surface area contributed by atoms with Crippen molar-refractivity contribution in [2.75, 3.05) is 6.54 Å². The first kappa shape index (κ1) is 21.7. The number of hydrogen-bond acceptors (Lipinski definition) is 1. The Labute approximate surface area is 167 Å². The van der Waals surface area contributed by atoms with Crippen LogP contribution >= 0.6 is 0 Å². The Morgan fingerprint density at radius 3 is 1.52 bits per heavy atom. The van der Waals surface area contributed by atoms with Gasteiger partial charge in [0.1, 0.15) is 0 Å². The van der Waals surface area contributed by atoms with Gasteiger partial charge in [0.05, 0.1) is 0 Å². The molecule has 2 aromatic rings. The monoisotopic (exact) mass is 365 g/mol. The molecule has 148 valence electrons. The topological polar surface area (TPSA) is 3.24 Å². The first-order valence-electron chi connectivity index (χ1n) is 11.0. The highest BCUT2D eigenvalue weighted by Gasteiger charge is 2.07. The van der Waals surface area contributed by atoms with Gasteiger partial charge in [-0.05, 0) is 30.0 Å². The Morgan fingerprint density at radius 2 is 1.04 bits per heavy atom. The molecule has 0 radical (unpaired) electrons. The van der Waals surface area contributed by atoms with Crippen LogP contribution in [0.3, 0.4) is 0 Å². The van der Waals surface area contributed by atoms with Crippen molar-refractivity contribution in [1.29, 1.82) is 0 Å². The van der Waals surface area contributed by atoms with Crippen LogP contribution in [0.15, 0.2) is 60.7 Å². The molecule has 0 aliphatic carbocycles. The summed E-state index contributed by atoms with van der Waals surface area (Å²) in [6.45, 7) is 7.94. The molecule has 2 rings (SSSR count). The largest absolute Gasteiger partial charge is 0.295 e. The number of benzene rings is 2. The number of unbranched alkanes of at least 4 members (excludes halogenated alkanes) is 6. The molecule has 0 heterocycles. The van der Waals surface area contributed by atoms with E-state index < -0.39 is 0 Å². The molecule has 0 spiro atoms. The fraction of sp³-hybridized carbons (Fsp3) is 0.538. The van der Waals surface area contributed by atoms with E-state index in [1.165, 1.54) is 69.0 Å². The molecule has 0 aliphatic rings. The average molecular weight is 366 g/mol. The molecule has 2 aromatic carbocycles. The Balaban J connectivity index is 1.67. The summed E-state index contributed by atoms with van der Waals surface area (Å²) in [4.78, 5) is 2.60. The number of rotatable bonds is 14. The van der Waals surface area contributed by atoms with Gasteiger partial charge in [0.25, 0.3) is 0 Å². The summed E-state index contributed by atoms with van der Waals surface area (Å²) < 4.78 is 0. The van der Waals surface area contributed by atoms with E-state index in [-0.39, 0.29) is 0 Å². The standard InChI is InChI=1S/C26H39N/c1-24(2)16-10-6-4-3-5-7-15-21-27(22-25-17-11-8-12-18-25)23-26-19-13-9-14-20-26/h8-9,11-14,17-20,24H,3-7,10,15-16,21-23H2,1-2H3. The molecule has 0 saturated carbocycles. The van der Waals surface area contributed by atoms with E-state index in [9.17, 15) is 0 Å². The maximum absolute atomic E-state index is 2.60. The lowest BCUT2D eigenvalue weighted by molar-refractivity contribution is 0.250. The maximum Gasteiger partial charge on any atom is 0.0237 e. The summed E-state index contributed by atoms with van der Waals surface area (Å²) in [6, 6.07) is 21.8. The molecule has 0 aliphatic heterocycles. The third-order valence-electron chi connectivity index (χ3n) is 5.25. The van der Waals surface area contributed by atoms with Crippen LogP contribution < -0.4 is 0 Å². The van der Waals surface area contributed by atoms with Gasteiger partial charge in [-0.2, -0.15) is 0 Å². The smallest absolute Gasteiger partial charge is 0.0237 e. The van der Waals surface area contributed by atoms with Gasteiger partial charge < -0.3 is 0 Å². The highest BCUT2D eigenvalue weighted by atomic mass is 15.1. The third kappa shape index (κ3) is 10.3. The zero-order valence-corrected chi connectivity index (χ0v) is 17.6. The number of hydrogen-bond donors (Lipinski definition) is 0. The van der Waals surface area contributed by atoms with Crippen molar-refractivity contribution in [2.45, 2.75) is 78.3 Å². The van der Waals surface area contributed by atoms with Crippen molar-refractivity contribution < 1.29 is 0 Å². The molecule has 0 unspecified atom stereocenters. The molecule has 1 heteroatoms. The van der Waals surface area contributed by atoms with Gasteiger partial charge in [-0.15, -0.1) is 0 Å². The third-order valence-corrected chi connectivity index (χ3v) is 5.25. The van der Waals surface area contributed by atoms with Crippen LogP contribution in [0.25, 0.3) is 0 Å². The predicted octanol–water partition coefficient (Wildman–Crippen LogP) is 7.47. The van der Waals surface area contributed by atoms with Gasteiger partial charge in [0.15, 0.2) is 0 Å². The molecular weight excluding hydrogens is 326 g/mol. The van der Waals surface area contributed by atoms with E-state index in [2.05, 4.69) is 79.4 Å². The summed E-state index contributed by atoms with van der Waals surface area (Å²) in [5, 5.41) is 0. The Kier molecular flexibility index (Phi) is 10.9. The molecule has 0 N–H and O–H groups in total. The molecule has 0 fully saturated rings. The summed E-state index contributed by atoms with van der Waals surface area (Å²) in [5.41, 5.74) is 2.83. The highest BCUT2D eigenvalue weighted by Crippen LogP contribution is 2.14. The minimum Gasteiger partial charge on any atom is -0.295 e. The molecule has 0 aromatic heterocycles.